The summed E-state index contributed by atoms with van der Waals surface area (Å²) in [6, 6.07) is 19.8. The highest BCUT2D eigenvalue weighted by molar-refractivity contribution is 6.30. The molecule has 0 bridgehead atoms. The first-order chi connectivity index (χ1) is 15.6. The summed E-state index contributed by atoms with van der Waals surface area (Å²) in [6.07, 6.45) is 0. The van der Waals surface area contributed by atoms with E-state index in [9.17, 15) is 10.1 Å². The monoisotopic (exact) mass is 455 g/mol. The highest BCUT2D eigenvalue weighted by Gasteiger charge is 2.11. The van der Waals surface area contributed by atoms with E-state index in [1.54, 1.807) is 12.1 Å². The third-order valence-electron chi connectivity index (χ3n) is 4.68. The summed E-state index contributed by atoms with van der Waals surface area (Å²) in [7, 11) is 0. The summed E-state index contributed by atoms with van der Waals surface area (Å²) in [5.74, 6) is 1.44. The van der Waals surface area contributed by atoms with E-state index in [1.165, 1.54) is 12.1 Å². The van der Waals surface area contributed by atoms with Gasteiger partial charge in [-0.1, -0.05) is 35.9 Å². The number of anilines is 1. The number of halogens is 1. The number of nitro benzene ring substituents is 1. The molecule has 8 heteroatoms. The largest absolute Gasteiger partial charge is 0.490 e. The lowest BCUT2D eigenvalue weighted by molar-refractivity contribution is -0.384. The van der Waals surface area contributed by atoms with Crippen molar-refractivity contribution in [3.05, 3.63) is 93.0 Å². The van der Waals surface area contributed by atoms with Gasteiger partial charge in [0.2, 0.25) is 0 Å². The Bertz CT molecular complexity index is 1010. The normalized spacial score (nSPS) is 10.6. The molecule has 0 atom stereocenters. The lowest BCUT2D eigenvalue weighted by Gasteiger charge is -2.17. The van der Waals surface area contributed by atoms with Gasteiger partial charge in [0.25, 0.3) is 5.69 Å². The van der Waals surface area contributed by atoms with Crippen LogP contribution in [0.3, 0.4) is 0 Å². The van der Waals surface area contributed by atoms with E-state index in [0.29, 0.717) is 43.6 Å². The second-order valence-electron chi connectivity index (χ2n) is 7.00. The van der Waals surface area contributed by atoms with Gasteiger partial charge in [-0.2, -0.15) is 0 Å². The maximum atomic E-state index is 10.7. The van der Waals surface area contributed by atoms with Crippen molar-refractivity contribution in [2.24, 2.45) is 0 Å². The van der Waals surface area contributed by atoms with Crippen molar-refractivity contribution in [3.8, 4) is 11.5 Å². The van der Waals surface area contributed by atoms with Crippen LogP contribution in [-0.4, -0.2) is 24.6 Å². The minimum Gasteiger partial charge on any atom is -0.490 e. The molecule has 3 aromatic carbocycles. The second-order valence-corrected chi connectivity index (χ2v) is 7.44. The molecule has 0 aliphatic carbocycles. The Morgan fingerprint density at radius 3 is 2.41 bits per heavy atom. The Labute approximate surface area is 192 Å². The summed E-state index contributed by atoms with van der Waals surface area (Å²) >= 11 is 5.96. The average molecular weight is 456 g/mol. The Hall–Kier alpha value is -3.29. The molecule has 3 rings (SSSR count). The van der Waals surface area contributed by atoms with E-state index in [2.05, 4.69) is 10.6 Å². The summed E-state index contributed by atoms with van der Waals surface area (Å²) in [5, 5.41) is 18.1. The average Bonchev–Trinajstić information content (AvgIpc) is 2.80. The zero-order chi connectivity index (χ0) is 22.8. The van der Waals surface area contributed by atoms with E-state index in [-0.39, 0.29) is 5.69 Å². The number of nitro groups is 1. The Balaban J connectivity index is 1.54. The first-order valence-electron chi connectivity index (χ1n) is 10.4. The summed E-state index contributed by atoms with van der Waals surface area (Å²) < 4.78 is 11.9. The Morgan fingerprint density at radius 2 is 1.72 bits per heavy atom. The van der Waals surface area contributed by atoms with Crippen LogP contribution in [0.1, 0.15) is 18.1 Å². The predicted octanol–water partition coefficient (Wildman–Crippen LogP) is 5.43. The zero-order valence-corrected chi connectivity index (χ0v) is 18.6. The summed E-state index contributed by atoms with van der Waals surface area (Å²) in [6.45, 7) is 4.89. The fourth-order valence-corrected chi connectivity index (χ4v) is 3.21. The van der Waals surface area contributed by atoms with Gasteiger partial charge in [-0.3, -0.25) is 10.1 Å². The lowest BCUT2D eigenvalue weighted by atomic mass is 10.1. The number of nitrogens with one attached hydrogen (secondary N) is 2. The number of nitrogens with zero attached hydrogens (tertiary/aromatic N) is 1. The van der Waals surface area contributed by atoms with Gasteiger partial charge in [0.15, 0.2) is 11.5 Å². The van der Waals surface area contributed by atoms with E-state index in [4.69, 9.17) is 21.1 Å². The van der Waals surface area contributed by atoms with E-state index in [0.717, 1.165) is 22.6 Å². The molecule has 0 amide bonds. The number of ether oxygens (including phenoxy) is 2. The molecule has 0 fully saturated rings. The molecule has 3 aromatic rings. The molecule has 0 unspecified atom stereocenters. The molecule has 2 N–H and O–H groups in total. The van der Waals surface area contributed by atoms with Gasteiger partial charge in [0.1, 0.15) is 6.61 Å². The Kier molecular flexibility index (Phi) is 8.71. The molecule has 0 spiro atoms. The van der Waals surface area contributed by atoms with Crippen LogP contribution < -0.4 is 20.1 Å². The van der Waals surface area contributed by atoms with Crippen LogP contribution in [-0.2, 0) is 13.2 Å². The van der Waals surface area contributed by atoms with Gasteiger partial charge >= 0.3 is 0 Å². The quantitative estimate of drug-likeness (QED) is 0.215. The smallest absolute Gasteiger partial charge is 0.269 e. The molecule has 0 heterocycles. The molecular formula is C24H26ClN3O4. The van der Waals surface area contributed by atoms with Gasteiger partial charge in [-0.05, 0) is 42.8 Å². The highest BCUT2D eigenvalue weighted by atomic mass is 35.5. The molecule has 168 valence electrons. The minimum absolute atomic E-state index is 0.0778. The zero-order valence-electron chi connectivity index (χ0n) is 17.8. The van der Waals surface area contributed by atoms with Crippen LogP contribution in [0.4, 0.5) is 11.4 Å². The fraction of sp³-hybridized carbons (Fsp3) is 0.250. The highest BCUT2D eigenvalue weighted by Crippen LogP contribution is 2.32. The molecule has 0 radical (unpaired) electrons. The first-order valence-corrected chi connectivity index (χ1v) is 10.8. The van der Waals surface area contributed by atoms with E-state index < -0.39 is 4.92 Å². The fourth-order valence-electron chi connectivity index (χ4n) is 3.09. The standard InChI is InChI=1S/C24H26ClN3O4/c1-2-31-23-5-3-4-19(24(23)32-17-18-6-8-20(25)9-7-18)16-26-14-15-27-21-10-12-22(13-11-21)28(29)30/h3-13,26-27H,2,14-17H2,1H3. The SMILES string of the molecule is CCOc1cccc(CNCCNc2ccc([N+](=O)[O-])cc2)c1OCc1ccc(Cl)cc1. The van der Waals surface area contributed by atoms with Crippen LogP contribution in [0.2, 0.25) is 5.02 Å². The second kappa shape index (κ2) is 11.9. The maximum Gasteiger partial charge on any atom is 0.269 e. The number of hydrogen-bond acceptors (Lipinski definition) is 6. The lowest BCUT2D eigenvalue weighted by Crippen LogP contribution is -2.22. The molecule has 7 nitrogen and oxygen atoms in total. The third-order valence-corrected chi connectivity index (χ3v) is 4.93. The van der Waals surface area contributed by atoms with Crippen LogP contribution in [0.25, 0.3) is 0 Å². The van der Waals surface area contributed by atoms with Crippen molar-refractivity contribution in [1.29, 1.82) is 0 Å². The van der Waals surface area contributed by atoms with Gasteiger partial charge in [-0.25, -0.2) is 0 Å². The molecule has 0 saturated carbocycles. The van der Waals surface area contributed by atoms with Crippen molar-refractivity contribution >= 4 is 23.0 Å². The van der Waals surface area contributed by atoms with Crippen LogP contribution in [0.15, 0.2) is 66.7 Å². The molecule has 32 heavy (non-hydrogen) atoms. The van der Waals surface area contributed by atoms with Crippen molar-refractivity contribution in [3.63, 3.8) is 0 Å². The number of rotatable bonds is 12. The molecule has 0 aliphatic rings. The van der Waals surface area contributed by atoms with Crippen molar-refractivity contribution in [1.82, 2.24) is 5.32 Å². The number of non-ortho nitro benzene ring substituents is 1. The predicted molar refractivity (Wildman–Crippen MR) is 127 cm³/mol. The van der Waals surface area contributed by atoms with Crippen LogP contribution in [0.5, 0.6) is 11.5 Å². The van der Waals surface area contributed by atoms with Crippen molar-refractivity contribution < 1.29 is 14.4 Å². The third kappa shape index (κ3) is 6.87. The first kappa shape index (κ1) is 23.4. The molecular weight excluding hydrogens is 430 g/mol. The van der Waals surface area contributed by atoms with Crippen LogP contribution in [0, 0.1) is 10.1 Å². The Morgan fingerprint density at radius 1 is 0.969 bits per heavy atom. The van der Waals surface area contributed by atoms with Gasteiger partial charge in [-0.15, -0.1) is 0 Å². The summed E-state index contributed by atoms with van der Waals surface area (Å²) in [5.41, 5.74) is 2.93. The minimum atomic E-state index is -0.408. The number of hydrogen-bond donors (Lipinski definition) is 2. The van der Waals surface area contributed by atoms with Gasteiger partial charge in [0.05, 0.1) is 11.5 Å². The maximum absolute atomic E-state index is 10.7. The summed E-state index contributed by atoms with van der Waals surface area (Å²) in [4.78, 5) is 10.3. The van der Waals surface area contributed by atoms with Crippen molar-refractivity contribution in [2.45, 2.75) is 20.1 Å². The van der Waals surface area contributed by atoms with Gasteiger partial charge < -0.3 is 20.1 Å². The van der Waals surface area contributed by atoms with E-state index >= 15 is 0 Å². The topological polar surface area (TPSA) is 85.7 Å². The van der Waals surface area contributed by atoms with Gasteiger partial charge in [0, 0.05) is 48.0 Å². The van der Waals surface area contributed by atoms with E-state index in [1.807, 2.05) is 49.4 Å². The molecule has 0 aromatic heterocycles. The number of para-hydroxylation sites is 1. The number of benzene rings is 3. The molecule has 0 saturated heterocycles. The van der Waals surface area contributed by atoms with Crippen LogP contribution >= 0.6 is 11.6 Å². The van der Waals surface area contributed by atoms with Crippen molar-refractivity contribution in [2.75, 3.05) is 25.0 Å². The molecule has 0 aliphatic heterocycles.